The molecular formula is C18H18N2O3. The number of aryl methyl sites for hydroxylation is 1. The van der Waals surface area contributed by atoms with Gasteiger partial charge in [-0.15, -0.1) is 0 Å². The van der Waals surface area contributed by atoms with E-state index >= 15 is 0 Å². The van der Waals surface area contributed by atoms with Gasteiger partial charge in [-0.2, -0.15) is 0 Å². The van der Waals surface area contributed by atoms with E-state index in [1.807, 2.05) is 49.4 Å². The second-order valence-corrected chi connectivity index (χ2v) is 5.57. The van der Waals surface area contributed by atoms with Crippen molar-refractivity contribution in [2.24, 2.45) is 0 Å². The third kappa shape index (κ3) is 3.18. The first-order valence-electron chi connectivity index (χ1n) is 7.48. The van der Waals surface area contributed by atoms with Crippen molar-refractivity contribution < 1.29 is 14.3 Å². The van der Waals surface area contributed by atoms with Gasteiger partial charge in [0.05, 0.1) is 11.4 Å². The van der Waals surface area contributed by atoms with E-state index in [0.717, 1.165) is 5.56 Å². The lowest BCUT2D eigenvalue weighted by Gasteiger charge is -2.31. The third-order valence-corrected chi connectivity index (χ3v) is 3.69. The summed E-state index contributed by atoms with van der Waals surface area (Å²) in [5.74, 6) is 0.189. The smallest absolute Gasteiger partial charge is 0.268 e. The van der Waals surface area contributed by atoms with Crippen molar-refractivity contribution in [3.05, 3.63) is 54.1 Å². The van der Waals surface area contributed by atoms with Gasteiger partial charge in [0.1, 0.15) is 12.3 Å². The lowest BCUT2D eigenvalue weighted by Crippen LogP contribution is -2.47. The highest BCUT2D eigenvalue weighted by atomic mass is 16.5. The zero-order valence-electron chi connectivity index (χ0n) is 13.1. The molecule has 0 bridgehead atoms. The van der Waals surface area contributed by atoms with Crippen molar-refractivity contribution in [1.29, 1.82) is 0 Å². The second kappa shape index (κ2) is 6.12. The molecule has 0 spiro atoms. The van der Waals surface area contributed by atoms with Crippen LogP contribution in [0.25, 0.3) is 0 Å². The molecule has 1 atom stereocenters. The van der Waals surface area contributed by atoms with E-state index in [1.54, 1.807) is 13.0 Å². The van der Waals surface area contributed by atoms with Gasteiger partial charge in [0.2, 0.25) is 5.91 Å². The highest BCUT2D eigenvalue weighted by molar-refractivity contribution is 6.10. The molecule has 0 saturated heterocycles. The van der Waals surface area contributed by atoms with E-state index in [1.165, 1.54) is 4.90 Å². The predicted molar refractivity (Wildman–Crippen MR) is 88.7 cm³/mol. The summed E-state index contributed by atoms with van der Waals surface area (Å²) in [5.41, 5.74) is 2.39. The van der Waals surface area contributed by atoms with Crippen LogP contribution in [0.2, 0.25) is 0 Å². The molecule has 1 unspecified atom stereocenters. The van der Waals surface area contributed by atoms with Crippen LogP contribution in [-0.2, 0) is 9.59 Å². The molecule has 2 amide bonds. The topological polar surface area (TPSA) is 58.6 Å². The van der Waals surface area contributed by atoms with Crippen molar-refractivity contribution >= 4 is 23.2 Å². The number of hydrogen-bond donors (Lipinski definition) is 1. The molecule has 0 saturated carbocycles. The molecule has 2 aromatic carbocycles. The number of carbonyl (C=O) groups is 2. The van der Waals surface area contributed by atoms with Crippen LogP contribution in [0.1, 0.15) is 12.5 Å². The summed E-state index contributed by atoms with van der Waals surface area (Å²) in [4.78, 5) is 26.0. The van der Waals surface area contributed by atoms with Gasteiger partial charge in [0, 0.05) is 0 Å². The Bertz CT molecular complexity index is 757. The Balaban J connectivity index is 1.81. The van der Waals surface area contributed by atoms with Crippen LogP contribution in [0.3, 0.4) is 0 Å². The molecule has 1 aliphatic rings. The number of hydrogen-bond acceptors (Lipinski definition) is 3. The Morgan fingerprint density at radius 1 is 1.22 bits per heavy atom. The fourth-order valence-corrected chi connectivity index (χ4v) is 2.59. The fraction of sp³-hybridized carbons (Fsp3) is 0.222. The molecule has 0 aromatic heterocycles. The predicted octanol–water partition coefficient (Wildman–Crippen LogP) is 2.75. The van der Waals surface area contributed by atoms with Crippen molar-refractivity contribution in [3.63, 3.8) is 0 Å². The number of nitrogens with zero attached hydrogens (tertiary/aromatic N) is 1. The van der Waals surface area contributed by atoms with Crippen molar-refractivity contribution in [2.75, 3.05) is 16.8 Å². The zero-order valence-corrected chi connectivity index (χ0v) is 13.1. The molecule has 1 aliphatic heterocycles. The van der Waals surface area contributed by atoms with Gasteiger partial charge in [0.15, 0.2) is 6.10 Å². The first-order chi connectivity index (χ1) is 11.0. The summed E-state index contributed by atoms with van der Waals surface area (Å²) in [5, 5.41) is 2.77. The molecule has 1 heterocycles. The summed E-state index contributed by atoms with van der Waals surface area (Å²) in [6.07, 6.45) is -0.684. The first kappa shape index (κ1) is 15.1. The molecule has 3 rings (SSSR count). The normalized spacial score (nSPS) is 14.7. The second-order valence-electron chi connectivity index (χ2n) is 5.57. The lowest BCUT2D eigenvalue weighted by molar-refractivity contribution is -0.126. The number of rotatable bonds is 3. The van der Waals surface area contributed by atoms with Crippen molar-refractivity contribution in [2.45, 2.75) is 20.0 Å². The maximum Gasteiger partial charge on any atom is 0.268 e. The van der Waals surface area contributed by atoms with Crippen LogP contribution in [0, 0.1) is 6.92 Å². The third-order valence-electron chi connectivity index (χ3n) is 3.69. The summed E-state index contributed by atoms with van der Waals surface area (Å²) >= 11 is 0. The van der Waals surface area contributed by atoms with Crippen LogP contribution in [0.5, 0.6) is 5.75 Å². The van der Waals surface area contributed by atoms with E-state index in [9.17, 15) is 9.59 Å². The van der Waals surface area contributed by atoms with Crippen molar-refractivity contribution in [3.8, 4) is 5.75 Å². The number of amides is 2. The molecule has 1 N–H and O–H groups in total. The largest absolute Gasteiger partial charge is 0.481 e. The highest BCUT2D eigenvalue weighted by Crippen LogP contribution is 2.29. The molecule has 0 radical (unpaired) electrons. The number of carbonyl (C=O) groups excluding carboxylic acids is 2. The fourth-order valence-electron chi connectivity index (χ4n) is 2.59. The summed E-state index contributed by atoms with van der Waals surface area (Å²) < 4.78 is 5.74. The quantitative estimate of drug-likeness (QED) is 0.948. The Morgan fingerprint density at radius 3 is 2.78 bits per heavy atom. The Hall–Kier alpha value is -2.82. The monoisotopic (exact) mass is 310 g/mol. The van der Waals surface area contributed by atoms with Gasteiger partial charge in [-0.1, -0.05) is 24.3 Å². The van der Waals surface area contributed by atoms with Crippen LogP contribution in [-0.4, -0.2) is 24.5 Å². The SMILES string of the molecule is Cc1cccc(OC(C)C(=O)N2CC(=O)Nc3ccccc32)c1. The minimum absolute atomic E-state index is 0.00261. The Morgan fingerprint density at radius 2 is 2.00 bits per heavy atom. The van der Waals surface area contributed by atoms with Gasteiger partial charge in [-0.25, -0.2) is 0 Å². The van der Waals surface area contributed by atoms with Crippen LogP contribution in [0.4, 0.5) is 11.4 Å². The van der Waals surface area contributed by atoms with Gasteiger partial charge < -0.3 is 10.1 Å². The van der Waals surface area contributed by atoms with Crippen LogP contribution in [0.15, 0.2) is 48.5 Å². The average Bonchev–Trinajstić information content (AvgIpc) is 2.53. The van der Waals surface area contributed by atoms with E-state index in [2.05, 4.69) is 5.32 Å². The van der Waals surface area contributed by atoms with E-state index < -0.39 is 6.10 Å². The summed E-state index contributed by atoms with van der Waals surface area (Å²) in [7, 11) is 0. The van der Waals surface area contributed by atoms with Crippen LogP contribution >= 0.6 is 0 Å². The molecule has 23 heavy (non-hydrogen) atoms. The number of benzene rings is 2. The van der Waals surface area contributed by atoms with Crippen molar-refractivity contribution in [1.82, 2.24) is 0 Å². The zero-order chi connectivity index (χ0) is 16.4. The highest BCUT2D eigenvalue weighted by Gasteiger charge is 2.30. The molecule has 5 nitrogen and oxygen atoms in total. The van der Waals surface area contributed by atoms with Gasteiger partial charge >= 0.3 is 0 Å². The van der Waals surface area contributed by atoms with E-state index in [-0.39, 0.29) is 18.4 Å². The average molecular weight is 310 g/mol. The number of fused-ring (bicyclic) bond motifs is 1. The minimum atomic E-state index is -0.684. The van der Waals surface area contributed by atoms with Crippen LogP contribution < -0.4 is 15.0 Å². The summed E-state index contributed by atoms with van der Waals surface area (Å²) in [6, 6.07) is 14.8. The van der Waals surface area contributed by atoms with Gasteiger partial charge in [-0.3, -0.25) is 14.5 Å². The molecule has 5 heteroatoms. The molecule has 0 aliphatic carbocycles. The standard InChI is InChI=1S/C18H18N2O3/c1-12-6-5-7-14(10-12)23-13(2)18(22)20-11-17(21)19-15-8-3-4-9-16(15)20/h3-10,13H,11H2,1-2H3,(H,19,21). The molecule has 2 aromatic rings. The summed E-state index contributed by atoms with van der Waals surface area (Å²) in [6.45, 7) is 3.65. The van der Waals surface area contributed by atoms with E-state index in [4.69, 9.17) is 4.74 Å². The van der Waals surface area contributed by atoms with E-state index in [0.29, 0.717) is 17.1 Å². The number of nitrogens with one attached hydrogen (secondary N) is 1. The Kier molecular flexibility index (Phi) is 4.02. The number of anilines is 2. The Labute approximate surface area is 134 Å². The number of ether oxygens (including phenoxy) is 1. The molecule has 118 valence electrons. The van der Waals surface area contributed by atoms with Gasteiger partial charge in [-0.05, 0) is 43.7 Å². The minimum Gasteiger partial charge on any atom is -0.481 e. The molecule has 0 fully saturated rings. The maximum atomic E-state index is 12.7. The lowest BCUT2D eigenvalue weighted by atomic mass is 10.1. The molecular weight excluding hydrogens is 292 g/mol. The first-order valence-corrected chi connectivity index (χ1v) is 7.48. The number of para-hydroxylation sites is 2. The maximum absolute atomic E-state index is 12.7. The van der Waals surface area contributed by atoms with Gasteiger partial charge in [0.25, 0.3) is 5.91 Å².